The zero-order valence-corrected chi connectivity index (χ0v) is 18.0. The van der Waals surface area contributed by atoms with Crippen LogP contribution in [0, 0.1) is 5.82 Å². The molecule has 0 aliphatic carbocycles. The smallest absolute Gasteiger partial charge is 0.293 e. The Bertz CT molecular complexity index is 1330. The predicted molar refractivity (Wildman–Crippen MR) is 113 cm³/mol. The maximum Gasteiger partial charge on any atom is 0.293 e. The quantitative estimate of drug-likeness (QED) is 0.483. The van der Waals surface area contributed by atoms with Crippen molar-refractivity contribution in [1.29, 1.82) is 0 Å². The van der Waals surface area contributed by atoms with Crippen molar-refractivity contribution < 1.29 is 19.0 Å². The molecule has 12 heteroatoms. The van der Waals surface area contributed by atoms with Crippen LogP contribution in [0.3, 0.4) is 0 Å². The summed E-state index contributed by atoms with van der Waals surface area (Å²) in [4.78, 5) is 22.7. The van der Waals surface area contributed by atoms with Crippen molar-refractivity contribution in [2.24, 2.45) is 7.05 Å². The van der Waals surface area contributed by atoms with Crippen LogP contribution in [0.2, 0.25) is 5.02 Å². The minimum atomic E-state index is -0.641. The van der Waals surface area contributed by atoms with Crippen molar-refractivity contribution in [3.8, 4) is 23.0 Å². The number of fused-ring (bicyclic) bond motifs is 1. The molecule has 1 aliphatic heterocycles. The molecule has 2 N–H and O–H groups in total. The van der Waals surface area contributed by atoms with E-state index in [1.165, 1.54) is 12.0 Å². The summed E-state index contributed by atoms with van der Waals surface area (Å²) in [5.41, 5.74) is 1.29. The molecule has 4 aromatic rings. The Morgan fingerprint density at radius 2 is 2.25 bits per heavy atom. The van der Waals surface area contributed by atoms with Gasteiger partial charge in [0.2, 0.25) is 5.82 Å². The summed E-state index contributed by atoms with van der Waals surface area (Å²) in [7, 11) is 3.09. The highest BCUT2D eigenvalue weighted by atomic mass is 35.5. The fourth-order valence-electron chi connectivity index (χ4n) is 4.10. The van der Waals surface area contributed by atoms with E-state index >= 15 is 4.39 Å². The van der Waals surface area contributed by atoms with Crippen LogP contribution in [0.15, 0.2) is 24.8 Å². The number of hydrogen-bond donors (Lipinski definition) is 2. The maximum atomic E-state index is 15.2. The van der Waals surface area contributed by atoms with Gasteiger partial charge in [-0.15, -0.1) is 5.10 Å². The number of aryl methyl sites for hydroxylation is 1. The Morgan fingerprint density at radius 1 is 1.44 bits per heavy atom. The number of carbonyl (C=O) groups excluding carboxylic acids is 1. The van der Waals surface area contributed by atoms with Crippen LogP contribution in [-0.2, 0) is 7.05 Å². The van der Waals surface area contributed by atoms with Gasteiger partial charge in [0.15, 0.2) is 11.6 Å². The Balaban J connectivity index is 1.70. The summed E-state index contributed by atoms with van der Waals surface area (Å²) in [6, 6.07) is 1.65. The maximum absolute atomic E-state index is 15.2. The SMILES string of the molecule is COc1cc2c(-n3ccnc3)c(-c3nc(C(=O)N4CC[C@H](O)C4)n[nH]3)n(C)c2c(F)c1Cl. The second-order valence-electron chi connectivity index (χ2n) is 7.53. The molecule has 166 valence electrons. The summed E-state index contributed by atoms with van der Waals surface area (Å²) >= 11 is 6.17. The number of aliphatic hydroxyl groups is 1. The zero-order valence-electron chi connectivity index (χ0n) is 17.2. The number of aliphatic hydroxyl groups excluding tert-OH is 1. The second kappa shape index (κ2) is 7.61. The van der Waals surface area contributed by atoms with E-state index in [0.29, 0.717) is 29.7 Å². The van der Waals surface area contributed by atoms with Crippen LogP contribution in [0.25, 0.3) is 28.1 Å². The van der Waals surface area contributed by atoms with Gasteiger partial charge in [0, 0.05) is 37.9 Å². The molecular weight excluding hydrogens is 441 g/mol. The molecule has 32 heavy (non-hydrogen) atoms. The number of benzene rings is 1. The van der Waals surface area contributed by atoms with Gasteiger partial charge in [0.25, 0.3) is 5.91 Å². The van der Waals surface area contributed by atoms with E-state index in [1.807, 2.05) is 0 Å². The average molecular weight is 460 g/mol. The third-order valence-corrected chi connectivity index (χ3v) is 5.98. The Labute approximate surface area is 186 Å². The number of methoxy groups -OCH3 is 1. The van der Waals surface area contributed by atoms with Crippen molar-refractivity contribution >= 4 is 28.4 Å². The van der Waals surface area contributed by atoms with Crippen LogP contribution in [0.4, 0.5) is 4.39 Å². The molecule has 1 atom stereocenters. The number of hydrogen-bond acceptors (Lipinski definition) is 6. The molecule has 5 rings (SSSR count). The molecule has 3 aromatic heterocycles. The molecule has 1 saturated heterocycles. The van der Waals surface area contributed by atoms with Gasteiger partial charge in [-0.2, -0.15) is 0 Å². The van der Waals surface area contributed by atoms with Gasteiger partial charge in [-0.25, -0.2) is 14.4 Å². The summed E-state index contributed by atoms with van der Waals surface area (Å²) in [6.45, 7) is 0.669. The number of carbonyl (C=O) groups is 1. The molecule has 10 nitrogen and oxygen atoms in total. The van der Waals surface area contributed by atoms with Crippen molar-refractivity contribution in [2.75, 3.05) is 20.2 Å². The lowest BCUT2D eigenvalue weighted by Crippen LogP contribution is -2.30. The third kappa shape index (κ3) is 3.04. The van der Waals surface area contributed by atoms with Gasteiger partial charge in [0.05, 0.1) is 30.7 Å². The van der Waals surface area contributed by atoms with E-state index in [0.717, 1.165) is 0 Å². The van der Waals surface area contributed by atoms with Gasteiger partial charge >= 0.3 is 0 Å². The van der Waals surface area contributed by atoms with Crippen molar-refractivity contribution in [3.05, 3.63) is 41.5 Å². The van der Waals surface area contributed by atoms with Gasteiger partial charge in [-0.05, 0) is 12.5 Å². The van der Waals surface area contributed by atoms with Crippen molar-refractivity contribution in [2.45, 2.75) is 12.5 Å². The normalized spacial score (nSPS) is 16.3. The highest BCUT2D eigenvalue weighted by molar-refractivity contribution is 6.33. The first-order chi connectivity index (χ1) is 15.4. The van der Waals surface area contributed by atoms with E-state index in [2.05, 4.69) is 20.2 Å². The highest BCUT2D eigenvalue weighted by Crippen LogP contribution is 2.41. The lowest BCUT2D eigenvalue weighted by atomic mass is 10.2. The first-order valence-electron chi connectivity index (χ1n) is 9.83. The number of likely N-dealkylation sites (tertiary alicyclic amines) is 1. The highest BCUT2D eigenvalue weighted by Gasteiger charge is 2.30. The van der Waals surface area contributed by atoms with Gasteiger partial charge in [-0.3, -0.25) is 9.89 Å². The molecular formula is C20H19ClFN7O3. The van der Waals surface area contributed by atoms with Crippen LogP contribution >= 0.6 is 11.6 Å². The van der Waals surface area contributed by atoms with Gasteiger partial charge < -0.3 is 23.9 Å². The minimum Gasteiger partial charge on any atom is -0.495 e. The number of ether oxygens (including phenoxy) is 1. The largest absolute Gasteiger partial charge is 0.495 e. The molecule has 1 amide bonds. The zero-order chi connectivity index (χ0) is 22.6. The van der Waals surface area contributed by atoms with Crippen LogP contribution in [0.1, 0.15) is 17.0 Å². The average Bonchev–Trinajstić information content (AvgIpc) is 3.56. The fraction of sp³-hybridized carbons (Fsp3) is 0.300. The van der Waals surface area contributed by atoms with Crippen LogP contribution in [0.5, 0.6) is 5.75 Å². The van der Waals surface area contributed by atoms with Crippen molar-refractivity contribution in [3.63, 3.8) is 0 Å². The van der Waals surface area contributed by atoms with Crippen LogP contribution < -0.4 is 4.74 Å². The predicted octanol–water partition coefficient (Wildman–Crippen LogP) is 2.16. The van der Waals surface area contributed by atoms with Crippen molar-refractivity contribution in [1.82, 2.24) is 34.2 Å². The van der Waals surface area contributed by atoms with Crippen LogP contribution in [-0.4, -0.2) is 71.5 Å². The number of aromatic nitrogens is 6. The van der Waals surface area contributed by atoms with Gasteiger partial charge in [0.1, 0.15) is 16.5 Å². The monoisotopic (exact) mass is 459 g/mol. The molecule has 0 radical (unpaired) electrons. The molecule has 4 heterocycles. The Kier molecular flexibility index (Phi) is 4.86. The van der Waals surface area contributed by atoms with E-state index in [1.54, 1.807) is 41.0 Å². The number of rotatable bonds is 4. The molecule has 0 spiro atoms. The second-order valence-corrected chi connectivity index (χ2v) is 7.91. The Morgan fingerprint density at radius 3 is 2.91 bits per heavy atom. The lowest BCUT2D eigenvalue weighted by molar-refractivity contribution is 0.0753. The fourth-order valence-corrected chi connectivity index (χ4v) is 4.32. The number of aromatic amines is 1. The molecule has 1 aromatic carbocycles. The van der Waals surface area contributed by atoms with E-state index < -0.39 is 11.9 Å². The number of H-pyrrole nitrogens is 1. The third-order valence-electron chi connectivity index (χ3n) is 5.63. The van der Waals surface area contributed by atoms with Gasteiger partial charge in [-0.1, -0.05) is 11.6 Å². The number of halogens is 2. The molecule has 1 fully saturated rings. The lowest BCUT2D eigenvalue weighted by Gasteiger charge is -2.12. The van der Waals surface area contributed by atoms with E-state index in [-0.39, 0.29) is 40.4 Å². The standard InChI is InChI=1S/C20H19ClFN7O3/c1-27-15-11(7-12(32-2)13(21)14(15)22)16(29-6-4-23-9-29)17(27)18-24-19(26-25-18)20(31)28-5-3-10(30)8-28/h4,6-7,9-10,30H,3,5,8H2,1-2H3,(H,24,25,26)/t10-/m0/s1. The topological polar surface area (TPSA) is 114 Å². The molecule has 1 aliphatic rings. The molecule has 0 saturated carbocycles. The van der Waals surface area contributed by atoms with E-state index in [4.69, 9.17) is 16.3 Å². The summed E-state index contributed by atoms with van der Waals surface area (Å²) in [6.07, 6.45) is 4.85. The summed E-state index contributed by atoms with van der Waals surface area (Å²) in [5, 5.41) is 17.0. The number of β-amino-alcohol motifs (C(OH)–C–C–N with tert-alkyl or cyclic N) is 1. The van der Waals surface area contributed by atoms with E-state index in [9.17, 15) is 9.90 Å². The molecule has 0 bridgehead atoms. The number of nitrogens with one attached hydrogen (secondary N) is 1. The number of imidazole rings is 1. The summed E-state index contributed by atoms with van der Waals surface area (Å²) in [5.74, 6) is -0.603. The summed E-state index contributed by atoms with van der Waals surface area (Å²) < 4.78 is 23.8. The number of nitrogens with zero attached hydrogens (tertiary/aromatic N) is 6. The minimum absolute atomic E-state index is 0.0352. The first kappa shape index (κ1) is 20.5. The Hall–Kier alpha value is -3.44. The first-order valence-corrected chi connectivity index (χ1v) is 10.2. The number of amides is 1. The molecule has 0 unspecified atom stereocenters.